The molecule has 7 nitrogen and oxygen atoms in total. The maximum atomic E-state index is 11.7. The largest absolute Gasteiger partial charge is 0.453 e. The smallest absolute Gasteiger partial charge is 0.409 e. The van der Waals surface area contributed by atoms with Crippen LogP contribution in [0.5, 0.6) is 0 Å². The number of hydrogen-bond donors (Lipinski definition) is 1. The number of amides is 1. The van der Waals surface area contributed by atoms with Crippen molar-refractivity contribution in [3.05, 3.63) is 10.6 Å². The highest BCUT2D eigenvalue weighted by Gasteiger charge is 2.43. The van der Waals surface area contributed by atoms with E-state index in [1.54, 1.807) is 9.80 Å². The van der Waals surface area contributed by atoms with Crippen LogP contribution in [0.25, 0.3) is 0 Å². The Balaban J connectivity index is 1.97. The number of aromatic nitrogens is 1. The quantitative estimate of drug-likeness (QED) is 0.697. The first-order valence-corrected chi connectivity index (χ1v) is 6.71. The van der Waals surface area contributed by atoms with Gasteiger partial charge in [-0.2, -0.15) is 5.26 Å². The predicted octanol–water partition coefficient (Wildman–Crippen LogP) is 0.556. The fraction of sp³-hybridized carbons (Fsp3) is 0.545. The van der Waals surface area contributed by atoms with Crippen molar-refractivity contribution in [3.63, 3.8) is 0 Å². The van der Waals surface area contributed by atoms with Gasteiger partial charge in [0.2, 0.25) is 0 Å². The molecule has 0 saturated carbocycles. The molecule has 2 atom stereocenters. The number of carbonyl (C=O) groups is 1. The minimum absolute atomic E-state index is 0.0446. The predicted molar refractivity (Wildman–Crippen MR) is 68.2 cm³/mol. The minimum Gasteiger partial charge on any atom is -0.453 e. The lowest BCUT2D eigenvalue weighted by molar-refractivity contribution is 0.0465. The summed E-state index contributed by atoms with van der Waals surface area (Å²) < 4.78 is 4.77. The Hall–Kier alpha value is -2.01. The highest BCUT2D eigenvalue weighted by Crippen LogP contribution is 2.40. The number of thiazole rings is 1. The molecule has 100 valence electrons. The molecule has 2 aliphatic rings. The molecular weight excluding hydrogens is 266 g/mol. The van der Waals surface area contributed by atoms with Crippen LogP contribution in [-0.4, -0.2) is 47.1 Å². The summed E-state index contributed by atoms with van der Waals surface area (Å²) in [6.45, 7) is 0.916. The van der Waals surface area contributed by atoms with Crippen LogP contribution in [0.4, 0.5) is 9.93 Å². The second kappa shape index (κ2) is 4.28. The van der Waals surface area contributed by atoms with E-state index in [9.17, 15) is 10.1 Å². The number of ether oxygens (including phenoxy) is 1. The third kappa shape index (κ3) is 1.77. The Labute approximate surface area is 114 Å². The average molecular weight is 279 g/mol. The van der Waals surface area contributed by atoms with E-state index in [0.29, 0.717) is 24.6 Å². The van der Waals surface area contributed by atoms with Gasteiger partial charge in [0.05, 0.1) is 36.3 Å². The number of hydrogen-bond acceptors (Lipinski definition) is 7. The van der Waals surface area contributed by atoms with Crippen LogP contribution >= 0.6 is 11.3 Å². The van der Waals surface area contributed by atoms with Crippen molar-refractivity contribution in [2.45, 2.75) is 18.5 Å². The Morgan fingerprint density at radius 2 is 2.42 bits per heavy atom. The number of carbonyl (C=O) groups excluding carboxylic acids is 1. The van der Waals surface area contributed by atoms with Gasteiger partial charge in [0.25, 0.3) is 0 Å². The lowest BCUT2D eigenvalue weighted by Crippen LogP contribution is -2.57. The first kappa shape index (κ1) is 12.0. The molecule has 2 aliphatic heterocycles. The van der Waals surface area contributed by atoms with Gasteiger partial charge in [-0.05, 0) is 0 Å². The molecule has 1 saturated heterocycles. The molecule has 0 radical (unpaired) electrons. The number of anilines is 1. The van der Waals surface area contributed by atoms with Gasteiger partial charge in [0.15, 0.2) is 11.3 Å². The van der Waals surface area contributed by atoms with Gasteiger partial charge in [0.1, 0.15) is 0 Å². The SMILES string of the molecule is COC(=O)N1CC2Cc3nc(N)sc3C(C1)N2C#N. The molecule has 1 aromatic heterocycles. The van der Waals surface area contributed by atoms with Crippen molar-refractivity contribution in [2.24, 2.45) is 0 Å². The number of nitrogens with zero attached hydrogens (tertiary/aromatic N) is 4. The van der Waals surface area contributed by atoms with Crippen LogP contribution in [0, 0.1) is 11.5 Å². The maximum Gasteiger partial charge on any atom is 0.409 e. The number of nitriles is 1. The Kier molecular flexibility index (Phi) is 2.71. The van der Waals surface area contributed by atoms with Gasteiger partial charge < -0.3 is 15.4 Å². The summed E-state index contributed by atoms with van der Waals surface area (Å²) in [5, 5.41) is 9.82. The lowest BCUT2D eigenvalue weighted by Gasteiger charge is -2.45. The zero-order valence-electron chi connectivity index (χ0n) is 10.4. The fourth-order valence-corrected chi connectivity index (χ4v) is 3.73. The molecule has 3 heterocycles. The molecule has 2 N–H and O–H groups in total. The first-order valence-electron chi connectivity index (χ1n) is 5.90. The summed E-state index contributed by atoms with van der Waals surface area (Å²) in [6, 6.07) is -0.196. The van der Waals surface area contributed by atoms with Crippen LogP contribution in [0.3, 0.4) is 0 Å². The lowest BCUT2D eigenvalue weighted by atomic mass is 9.94. The number of nitrogen functional groups attached to an aromatic ring is 1. The molecule has 1 amide bonds. The average Bonchev–Trinajstić information content (AvgIpc) is 2.77. The van der Waals surface area contributed by atoms with E-state index < -0.39 is 0 Å². The monoisotopic (exact) mass is 279 g/mol. The summed E-state index contributed by atoms with van der Waals surface area (Å²) in [7, 11) is 1.37. The highest BCUT2D eigenvalue weighted by atomic mass is 32.1. The van der Waals surface area contributed by atoms with Crippen molar-refractivity contribution in [2.75, 3.05) is 25.9 Å². The summed E-state index contributed by atoms with van der Waals surface area (Å²) in [4.78, 5) is 20.4. The molecule has 0 spiro atoms. The van der Waals surface area contributed by atoms with E-state index in [0.717, 1.165) is 10.6 Å². The summed E-state index contributed by atoms with van der Waals surface area (Å²) in [6.07, 6.45) is 2.51. The molecule has 8 heteroatoms. The van der Waals surface area contributed by atoms with Gasteiger partial charge >= 0.3 is 6.09 Å². The number of rotatable bonds is 0. The van der Waals surface area contributed by atoms with Crippen molar-refractivity contribution < 1.29 is 9.53 Å². The van der Waals surface area contributed by atoms with Crippen molar-refractivity contribution >= 4 is 22.6 Å². The van der Waals surface area contributed by atoms with Crippen LogP contribution in [-0.2, 0) is 11.2 Å². The van der Waals surface area contributed by atoms with Crippen LogP contribution in [0.1, 0.15) is 16.6 Å². The first-order chi connectivity index (χ1) is 9.13. The van der Waals surface area contributed by atoms with E-state index in [4.69, 9.17) is 10.5 Å². The standard InChI is InChI=1S/C11H13N5O2S/c1-18-11(17)15-3-6-2-7-9(19-10(13)14-7)8(4-15)16(6)5-12/h6,8H,2-4H2,1H3,(H2,13,14). The Morgan fingerprint density at radius 3 is 3.11 bits per heavy atom. The number of fused-ring (bicyclic) bond motifs is 4. The van der Waals surface area contributed by atoms with E-state index >= 15 is 0 Å². The number of nitrogens with two attached hydrogens (primary N) is 1. The second-order valence-electron chi connectivity index (χ2n) is 4.62. The van der Waals surface area contributed by atoms with E-state index in [1.165, 1.54) is 18.4 Å². The maximum absolute atomic E-state index is 11.7. The summed E-state index contributed by atoms with van der Waals surface area (Å²) in [5.41, 5.74) is 6.72. The highest BCUT2D eigenvalue weighted by molar-refractivity contribution is 7.15. The van der Waals surface area contributed by atoms with Crippen LogP contribution in [0.15, 0.2) is 0 Å². The van der Waals surface area contributed by atoms with E-state index in [-0.39, 0.29) is 18.2 Å². The van der Waals surface area contributed by atoms with E-state index in [1.807, 2.05) is 0 Å². The molecule has 2 unspecified atom stereocenters. The molecule has 0 aliphatic carbocycles. The van der Waals surface area contributed by atoms with Crippen molar-refractivity contribution in [1.82, 2.24) is 14.8 Å². The minimum atomic E-state index is -0.353. The molecule has 3 rings (SSSR count). The van der Waals surface area contributed by atoms with Crippen LogP contribution < -0.4 is 5.73 Å². The zero-order chi connectivity index (χ0) is 13.6. The van der Waals surface area contributed by atoms with Gasteiger partial charge in [-0.1, -0.05) is 11.3 Å². The second-order valence-corrected chi connectivity index (χ2v) is 5.68. The van der Waals surface area contributed by atoms with Crippen molar-refractivity contribution in [1.29, 1.82) is 5.26 Å². The van der Waals surface area contributed by atoms with Gasteiger partial charge in [-0.3, -0.25) is 4.90 Å². The van der Waals surface area contributed by atoms with Crippen molar-refractivity contribution in [3.8, 4) is 6.19 Å². The molecule has 2 bridgehead atoms. The van der Waals surface area contributed by atoms with Gasteiger partial charge in [-0.15, -0.1) is 0 Å². The van der Waals surface area contributed by atoms with Gasteiger partial charge in [-0.25, -0.2) is 9.78 Å². The molecular formula is C11H13N5O2S. The Bertz CT molecular complexity index is 566. The number of methoxy groups -OCH3 is 1. The third-order valence-corrected chi connectivity index (χ3v) is 4.61. The summed E-state index contributed by atoms with van der Waals surface area (Å²) in [5.74, 6) is 0. The van der Waals surface area contributed by atoms with Crippen LogP contribution in [0.2, 0.25) is 0 Å². The summed E-state index contributed by atoms with van der Waals surface area (Å²) >= 11 is 1.39. The molecule has 1 aromatic rings. The molecule has 0 aromatic carbocycles. The normalized spacial score (nSPS) is 24.6. The molecule has 1 fully saturated rings. The van der Waals surface area contributed by atoms with Gasteiger partial charge in [0, 0.05) is 13.0 Å². The molecule has 19 heavy (non-hydrogen) atoms. The zero-order valence-corrected chi connectivity index (χ0v) is 11.2. The Morgan fingerprint density at radius 1 is 1.63 bits per heavy atom. The topological polar surface area (TPSA) is 95.5 Å². The fourth-order valence-electron chi connectivity index (χ4n) is 2.78. The number of piperazine rings is 1. The third-order valence-electron chi connectivity index (χ3n) is 3.58. The van der Waals surface area contributed by atoms with E-state index in [2.05, 4.69) is 11.2 Å².